The molecule has 120 valence electrons. The van der Waals surface area contributed by atoms with Crippen LogP contribution in [0.4, 0.5) is 5.69 Å². The third-order valence-electron chi connectivity index (χ3n) is 3.59. The molecule has 21 heavy (non-hydrogen) atoms. The molecule has 0 atom stereocenters. The molecule has 0 spiro atoms. The fourth-order valence-corrected chi connectivity index (χ4v) is 3.35. The van der Waals surface area contributed by atoms with Gasteiger partial charge in [-0.1, -0.05) is 39.8 Å². The number of benzene rings is 1. The summed E-state index contributed by atoms with van der Waals surface area (Å²) >= 11 is 0. The largest absolute Gasteiger partial charge is 0.317 e. The molecule has 0 amide bonds. The highest BCUT2D eigenvalue weighted by Crippen LogP contribution is 2.27. The van der Waals surface area contributed by atoms with Crippen molar-refractivity contribution in [3.8, 4) is 0 Å². The van der Waals surface area contributed by atoms with E-state index in [-0.39, 0.29) is 11.2 Å². The molecule has 0 radical (unpaired) electrons. The molecule has 0 aromatic heterocycles. The second kappa shape index (κ2) is 7.80. The predicted molar refractivity (Wildman–Crippen MR) is 90.3 cm³/mol. The molecule has 0 aliphatic carbocycles. The van der Waals surface area contributed by atoms with Gasteiger partial charge in [0, 0.05) is 5.69 Å². The molecule has 0 aliphatic heterocycles. The Balaban J connectivity index is 2.73. The third kappa shape index (κ3) is 6.06. The highest BCUT2D eigenvalue weighted by Gasteiger charge is 2.20. The Morgan fingerprint density at radius 1 is 1.10 bits per heavy atom. The van der Waals surface area contributed by atoms with Crippen molar-refractivity contribution in [3.05, 3.63) is 29.8 Å². The van der Waals surface area contributed by atoms with E-state index in [1.807, 2.05) is 31.2 Å². The summed E-state index contributed by atoms with van der Waals surface area (Å²) in [5.74, 6) is 0.156. The maximum Gasteiger partial charge on any atom is 0.232 e. The van der Waals surface area contributed by atoms with Gasteiger partial charge < -0.3 is 5.32 Å². The van der Waals surface area contributed by atoms with Crippen LogP contribution >= 0.6 is 0 Å². The van der Waals surface area contributed by atoms with Gasteiger partial charge in [-0.3, -0.25) is 4.72 Å². The molecule has 0 saturated carbocycles. The Labute approximate surface area is 129 Å². The van der Waals surface area contributed by atoms with Gasteiger partial charge in [-0.05, 0) is 49.0 Å². The molecule has 0 unspecified atom stereocenters. The van der Waals surface area contributed by atoms with E-state index >= 15 is 0 Å². The average molecular weight is 312 g/mol. The monoisotopic (exact) mass is 312 g/mol. The van der Waals surface area contributed by atoms with Crippen LogP contribution in [0.25, 0.3) is 0 Å². The smallest absolute Gasteiger partial charge is 0.232 e. The molecule has 1 rings (SSSR count). The number of nitrogens with one attached hydrogen (secondary N) is 2. The second-order valence-corrected chi connectivity index (χ2v) is 7.83. The van der Waals surface area contributed by atoms with Crippen molar-refractivity contribution in [2.24, 2.45) is 0 Å². The Kier molecular flexibility index (Phi) is 6.68. The molecule has 0 bridgehead atoms. The molecule has 1 aromatic carbocycles. The summed E-state index contributed by atoms with van der Waals surface area (Å²) in [6.07, 6.45) is 1.66. The SMILES string of the molecule is CCCS(=O)(=O)Nc1ccc(C(C)(C)CCNCC)cc1. The number of anilines is 1. The van der Waals surface area contributed by atoms with E-state index < -0.39 is 10.0 Å². The van der Waals surface area contributed by atoms with Crippen LogP contribution in [0.5, 0.6) is 0 Å². The molecule has 0 aliphatic rings. The first-order chi connectivity index (χ1) is 9.80. The quantitative estimate of drug-likeness (QED) is 0.689. The number of hydrogen-bond acceptors (Lipinski definition) is 3. The molecule has 4 nitrogen and oxygen atoms in total. The summed E-state index contributed by atoms with van der Waals surface area (Å²) < 4.78 is 26.1. The molecule has 0 saturated heterocycles. The van der Waals surface area contributed by atoms with Crippen LogP contribution in [-0.2, 0) is 15.4 Å². The van der Waals surface area contributed by atoms with Crippen LogP contribution in [0.3, 0.4) is 0 Å². The topological polar surface area (TPSA) is 58.2 Å². The van der Waals surface area contributed by atoms with E-state index in [9.17, 15) is 8.42 Å². The van der Waals surface area contributed by atoms with Gasteiger partial charge >= 0.3 is 0 Å². The number of rotatable bonds is 9. The first kappa shape index (κ1) is 18.0. The zero-order valence-corrected chi connectivity index (χ0v) is 14.4. The highest BCUT2D eigenvalue weighted by molar-refractivity contribution is 7.92. The van der Waals surface area contributed by atoms with Gasteiger partial charge in [-0.15, -0.1) is 0 Å². The van der Waals surface area contributed by atoms with Crippen molar-refractivity contribution in [2.45, 2.75) is 46.0 Å². The van der Waals surface area contributed by atoms with Crippen molar-refractivity contribution < 1.29 is 8.42 Å². The lowest BCUT2D eigenvalue weighted by Gasteiger charge is -2.25. The lowest BCUT2D eigenvalue weighted by atomic mass is 9.81. The van der Waals surface area contributed by atoms with Crippen molar-refractivity contribution in [1.29, 1.82) is 0 Å². The summed E-state index contributed by atoms with van der Waals surface area (Å²) in [4.78, 5) is 0. The van der Waals surface area contributed by atoms with E-state index in [1.54, 1.807) is 0 Å². The minimum absolute atomic E-state index is 0.0724. The minimum Gasteiger partial charge on any atom is -0.317 e. The summed E-state index contributed by atoms with van der Waals surface area (Å²) in [6.45, 7) is 10.3. The standard InChI is InChI=1S/C16H28N2O2S/c1-5-13-21(19,20)18-15-9-7-14(8-10-15)16(3,4)11-12-17-6-2/h7-10,17-18H,5-6,11-13H2,1-4H3. The van der Waals surface area contributed by atoms with Gasteiger partial charge in [0.15, 0.2) is 0 Å². The lowest BCUT2D eigenvalue weighted by Crippen LogP contribution is -2.25. The fraction of sp³-hybridized carbons (Fsp3) is 0.625. The Morgan fingerprint density at radius 3 is 2.24 bits per heavy atom. The maximum atomic E-state index is 11.7. The summed E-state index contributed by atoms with van der Waals surface area (Å²) in [6, 6.07) is 7.71. The second-order valence-electron chi connectivity index (χ2n) is 5.99. The van der Waals surface area contributed by atoms with E-state index in [1.165, 1.54) is 5.56 Å². The first-order valence-corrected chi connectivity index (χ1v) is 9.27. The van der Waals surface area contributed by atoms with Crippen LogP contribution in [-0.4, -0.2) is 27.3 Å². The van der Waals surface area contributed by atoms with Gasteiger partial charge in [0.05, 0.1) is 5.75 Å². The first-order valence-electron chi connectivity index (χ1n) is 7.62. The summed E-state index contributed by atoms with van der Waals surface area (Å²) in [5.41, 5.74) is 1.93. The van der Waals surface area contributed by atoms with Crippen LogP contribution in [0.15, 0.2) is 24.3 Å². The van der Waals surface area contributed by atoms with E-state index in [2.05, 4.69) is 30.8 Å². The normalized spacial score (nSPS) is 12.4. The van der Waals surface area contributed by atoms with Crippen LogP contribution in [0, 0.1) is 0 Å². The molecular weight excluding hydrogens is 284 g/mol. The van der Waals surface area contributed by atoms with Gasteiger partial charge in [0.1, 0.15) is 0 Å². The third-order valence-corrected chi connectivity index (χ3v) is 5.08. The van der Waals surface area contributed by atoms with E-state index in [0.717, 1.165) is 19.5 Å². The summed E-state index contributed by atoms with van der Waals surface area (Å²) in [7, 11) is -3.21. The summed E-state index contributed by atoms with van der Waals surface area (Å²) in [5, 5.41) is 3.34. The Bertz CT molecular complexity index is 522. The van der Waals surface area contributed by atoms with Crippen molar-refractivity contribution >= 4 is 15.7 Å². The predicted octanol–water partition coefficient (Wildman–Crippen LogP) is 3.12. The molecule has 0 fully saturated rings. The van der Waals surface area contributed by atoms with Crippen molar-refractivity contribution in [2.75, 3.05) is 23.6 Å². The fourth-order valence-electron chi connectivity index (χ4n) is 2.21. The average Bonchev–Trinajstić information content (AvgIpc) is 2.39. The molecule has 1 aromatic rings. The van der Waals surface area contributed by atoms with Gasteiger partial charge in [-0.2, -0.15) is 0 Å². The molecule has 5 heteroatoms. The van der Waals surface area contributed by atoms with Crippen molar-refractivity contribution in [1.82, 2.24) is 5.32 Å². The number of sulfonamides is 1. The van der Waals surface area contributed by atoms with E-state index in [4.69, 9.17) is 0 Å². The van der Waals surface area contributed by atoms with Crippen LogP contribution in [0.2, 0.25) is 0 Å². The molecular formula is C16H28N2O2S. The maximum absolute atomic E-state index is 11.7. The Morgan fingerprint density at radius 2 is 1.71 bits per heavy atom. The lowest BCUT2D eigenvalue weighted by molar-refractivity contribution is 0.461. The van der Waals surface area contributed by atoms with Crippen LogP contribution in [0.1, 0.15) is 46.1 Å². The van der Waals surface area contributed by atoms with Gasteiger partial charge in [0.25, 0.3) is 0 Å². The van der Waals surface area contributed by atoms with Crippen molar-refractivity contribution in [3.63, 3.8) is 0 Å². The van der Waals surface area contributed by atoms with E-state index in [0.29, 0.717) is 12.1 Å². The number of hydrogen-bond donors (Lipinski definition) is 2. The van der Waals surface area contributed by atoms with Gasteiger partial charge in [-0.25, -0.2) is 8.42 Å². The highest BCUT2D eigenvalue weighted by atomic mass is 32.2. The van der Waals surface area contributed by atoms with Crippen LogP contribution < -0.4 is 10.0 Å². The Hall–Kier alpha value is -1.07. The zero-order valence-electron chi connectivity index (χ0n) is 13.6. The zero-order chi connectivity index (χ0) is 15.9. The van der Waals surface area contributed by atoms with Gasteiger partial charge in [0.2, 0.25) is 10.0 Å². The molecule has 0 heterocycles. The molecule has 2 N–H and O–H groups in total. The minimum atomic E-state index is -3.21.